The number of hydrogen-bond donors (Lipinski definition) is 1. The van der Waals surface area contributed by atoms with Crippen LogP contribution in [0.2, 0.25) is 0 Å². The number of aromatic nitrogens is 1. The molecule has 0 fully saturated rings. The number of fused-ring (bicyclic) bond motifs is 2. The lowest BCUT2D eigenvalue weighted by atomic mass is 9.95. The number of nitrogens with zero attached hydrogens (tertiary/aromatic N) is 1. The van der Waals surface area contributed by atoms with Gasteiger partial charge >= 0.3 is 0 Å². The molecule has 2 N–H and O–H groups in total. The normalized spacial score (nSPS) is 14.0. The largest absolute Gasteiger partial charge is 0.394 e. The third kappa shape index (κ3) is 2.43. The number of rotatable bonds is 1. The number of benzene rings is 1. The van der Waals surface area contributed by atoms with Gasteiger partial charge in [0.05, 0.1) is 16.0 Å². The number of anilines is 1. The first-order chi connectivity index (χ1) is 11.1. The average Bonchev–Trinajstić information content (AvgIpc) is 2.58. The van der Waals surface area contributed by atoms with Gasteiger partial charge in [0, 0.05) is 5.69 Å². The van der Waals surface area contributed by atoms with Gasteiger partial charge < -0.3 is 5.73 Å². The SMILES string of the molecule is Cc1ccc(-c2sc3nc4c(cc3c(=O)c2N)CCCC4)cc1. The molecule has 116 valence electrons. The zero-order valence-electron chi connectivity index (χ0n) is 13.1. The topological polar surface area (TPSA) is 56.0 Å². The molecule has 0 amide bonds. The maximum Gasteiger partial charge on any atom is 0.213 e. The van der Waals surface area contributed by atoms with Gasteiger partial charge in [-0.3, -0.25) is 4.79 Å². The molecule has 0 bridgehead atoms. The molecule has 3 nitrogen and oxygen atoms in total. The molecule has 2 heterocycles. The van der Waals surface area contributed by atoms with Crippen LogP contribution in [-0.2, 0) is 12.8 Å². The van der Waals surface area contributed by atoms with Crippen molar-refractivity contribution in [2.45, 2.75) is 32.6 Å². The summed E-state index contributed by atoms with van der Waals surface area (Å²) in [6.07, 6.45) is 4.38. The van der Waals surface area contributed by atoms with Crippen molar-refractivity contribution in [3.63, 3.8) is 0 Å². The maximum atomic E-state index is 12.7. The van der Waals surface area contributed by atoms with E-state index < -0.39 is 0 Å². The van der Waals surface area contributed by atoms with Gasteiger partial charge in [0.15, 0.2) is 0 Å². The number of aryl methyl sites for hydroxylation is 3. The minimum atomic E-state index is -0.0878. The van der Waals surface area contributed by atoms with Crippen molar-refractivity contribution in [2.75, 3.05) is 5.73 Å². The van der Waals surface area contributed by atoms with E-state index in [1.807, 2.05) is 37.3 Å². The summed E-state index contributed by atoms with van der Waals surface area (Å²) in [7, 11) is 0. The Morgan fingerprint density at radius 3 is 2.65 bits per heavy atom. The highest BCUT2D eigenvalue weighted by molar-refractivity contribution is 7.21. The van der Waals surface area contributed by atoms with E-state index >= 15 is 0 Å². The second kappa shape index (κ2) is 5.46. The van der Waals surface area contributed by atoms with Crippen LogP contribution >= 0.6 is 11.3 Å². The number of nitrogen functional groups attached to an aromatic ring is 1. The van der Waals surface area contributed by atoms with Crippen LogP contribution in [0.4, 0.5) is 5.69 Å². The third-order valence-electron chi connectivity index (χ3n) is 4.51. The van der Waals surface area contributed by atoms with Crippen LogP contribution in [0.15, 0.2) is 35.1 Å². The Kier molecular flexibility index (Phi) is 3.42. The van der Waals surface area contributed by atoms with Crippen molar-refractivity contribution in [3.8, 4) is 10.4 Å². The van der Waals surface area contributed by atoms with Crippen LogP contribution in [0.3, 0.4) is 0 Å². The molecule has 0 spiro atoms. The second-order valence-electron chi connectivity index (χ2n) is 6.19. The number of pyridine rings is 1. The summed E-state index contributed by atoms with van der Waals surface area (Å²) in [5, 5.41) is 0.670. The molecule has 4 rings (SSSR count). The molecule has 1 aliphatic rings. The summed E-state index contributed by atoms with van der Waals surface area (Å²) in [5.41, 5.74) is 11.0. The van der Waals surface area contributed by atoms with Gasteiger partial charge in [0.1, 0.15) is 4.83 Å². The highest BCUT2D eigenvalue weighted by Gasteiger charge is 2.17. The second-order valence-corrected chi connectivity index (χ2v) is 7.19. The van der Waals surface area contributed by atoms with Gasteiger partial charge in [0.25, 0.3) is 0 Å². The zero-order valence-corrected chi connectivity index (χ0v) is 13.9. The van der Waals surface area contributed by atoms with Crippen molar-refractivity contribution >= 4 is 27.2 Å². The molecular formula is C19H18N2OS. The fourth-order valence-electron chi connectivity index (χ4n) is 3.17. The summed E-state index contributed by atoms with van der Waals surface area (Å²) >= 11 is 1.52. The monoisotopic (exact) mass is 322 g/mol. The van der Waals surface area contributed by atoms with Crippen LogP contribution in [0.5, 0.6) is 0 Å². The Balaban J connectivity index is 1.98. The van der Waals surface area contributed by atoms with Gasteiger partial charge in [-0.15, -0.1) is 11.3 Å². The highest BCUT2D eigenvalue weighted by Crippen LogP contribution is 2.33. The Hall–Kier alpha value is -2.20. The van der Waals surface area contributed by atoms with Crippen LogP contribution in [0, 0.1) is 6.92 Å². The number of nitrogens with two attached hydrogens (primary N) is 1. The summed E-state index contributed by atoms with van der Waals surface area (Å²) < 4.78 is 0. The molecule has 23 heavy (non-hydrogen) atoms. The quantitative estimate of drug-likeness (QED) is 0.734. The molecule has 3 aromatic rings. The van der Waals surface area contributed by atoms with Crippen LogP contribution in [-0.4, -0.2) is 4.98 Å². The standard InChI is InChI=1S/C19H18N2OS/c1-11-6-8-12(9-7-11)18-16(20)17(22)14-10-13-4-2-3-5-15(13)21-19(14)23-18/h6-10H,2-5,20H2,1H3. The smallest absolute Gasteiger partial charge is 0.213 e. The zero-order chi connectivity index (χ0) is 16.0. The van der Waals surface area contributed by atoms with E-state index in [0.29, 0.717) is 11.1 Å². The predicted octanol–water partition coefficient (Wildman–Crippen LogP) is 4.09. The van der Waals surface area contributed by atoms with Gasteiger partial charge in [-0.1, -0.05) is 29.8 Å². The van der Waals surface area contributed by atoms with E-state index in [1.165, 1.54) is 35.3 Å². The van der Waals surface area contributed by atoms with Gasteiger partial charge in [-0.25, -0.2) is 4.98 Å². The molecule has 0 atom stereocenters. The van der Waals surface area contributed by atoms with Gasteiger partial charge in [-0.2, -0.15) is 0 Å². The summed E-state index contributed by atoms with van der Waals surface area (Å²) in [5.74, 6) is 0. The van der Waals surface area contributed by atoms with E-state index in [2.05, 4.69) is 0 Å². The van der Waals surface area contributed by atoms with Crippen LogP contribution in [0.25, 0.3) is 20.7 Å². The van der Waals surface area contributed by atoms with E-state index in [-0.39, 0.29) is 5.43 Å². The van der Waals surface area contributed by atoms with Crippen molar-refractivity contribution in [2.24, 2.45) is 0 Å². The van der Waals surface area contributed by atoms with E-state index in [1.54, 1.807) is 0 Å². The molecule has 1 aliphatic carbocycles. The fourth-order valence-corrected chi connectivity index (χ4v) is 4.24. The van der Waals surface area contributed by atoms with E-state index in [9.17, 15) is 4.79 Å². The average molecular weight is 322 g/mol. The molecule has 0 aliphatic heterocycles. The van der Waals surface area contributed by atoms with Crippen molar-refractivity contribution in [3.05, 3.63) is 57.4 Å². The minimum Gasteiger partial charge on any atom is -0.394 e. The molecule has 2 aromatic heterocycles. The first-order valence-electron chi connectivity index (χ1n) is 7.95. The van der Waals surface area contributed by atoms with Crippen molar-refractivity contribution in [1.29, 1.82) is 0 Å². The molecular weight excluding hydrogens is 304 g/mol. The Bertz CT molecular complexity index is 958. The first-order valence-corrected chi connectivity index (χ1v) is 8.77. The highest BCUT2D eigenvalue weighted by atomic mass is 32.1. The van der Waals surface area contributed by atoms with E-state index in [4.69, 9.17) is 10.7 Å². The molecule has 0 saturated carbocycles. The first kappa shape index (κ1) is 14.4. The maximum absolute atomic E-state index is 12.7. The lowest BCUT2D eigenvalue weighted by molar-refractivity contribution is 0.671. The molecule has 0 radical (unpaired) electrons. The van der Waals surface area contributed by atoms with Crippen LogP contribution < -0.4 is 11.2 Å². The van der Waals surface area contributed by atoms with Gasteiger partial charge in [-0.05, 0) is 49.8 Å². The molecule has 4 heteroatoms. The predicted molar refractivity (Wildman–Crippen MR) is 97.1 cm³/mol. The Morgan fingerprint density at radius 2 is 1.87 bits per heavy atom. The lowest BCUT2D eigenvalue weighted by Crippen LogP contribution is -2.12. The fraction of sp³-hybridized carbons (Fsp3) is 0.263. The minimum absolute atomic E-state index is 0.0878. The lowest BCUT2D eigenvalue weighted by Gasteiger charge is -2.15. The Labute approximate surface area is 138 Å². The molecule has 0 unspecified atom stereocenters. The van der Waals surface area contributed by atoms with Crippen molar-refractivity contribution < 1.29 is 0 Å². The summed E-state index contributed by atoms with van der Waals surface area (Å²) in [6, 6.07) is 10.1. The van der Waals surface area contributed by atoms with Gasteiger partial charge in [0.2, 0.25) is 5.43 Å². The van der Waals surface area contributed by atoms with Crippen molar-refractivity contribution in [1.82, 2.24) is 4.98 Å². The summed E-state index contributed by atoms with van der Waals surface area (Å²) in [6.45, 7) is 2.05. The summed E-state index contributed by atoms with van der Waals surface area (Å²) in [4.78, 5) is 19.1. The Morgan fingerprint density at radius 1 is 1.13 bits per heavy atom. The molecule has 0 saturated heterocycles. The molecule has 1 aromatic carbocycles. The third-order valence-corrected chi connectivity index (χ3v) is 5.68. The number of hydrogen-bond acceptors (Lipinski definition) is 4. The van der Waals surface area contributed by atoms with Crippen LogP contribution in [0.1, 0.15) is 29.7 Å². The van der Waals surface area contributed by atoms with E-state index in [0.717, 1.165) is 33.8 Å².